The van der Waals surface area contributed by atoms with Crippen LogP contribution in [0.15, 0.2) is 23.9 Å². The lowest BCUT2D eigenvalue weighted by atomic mass is 9.87. The first-order valence-electron chi connectivity index (χ1n) is 7.59. The second kappa shape index (κ2) is 7.66. The average molecular weight is 249 g/mol. The Kier molecular flexibility index (Phi) is 6.52. The summed E-state index contributed by atoms with van der Waals surface area (Å²) in [5, 5.41) is 0. The van der Waals surface area contributed by atoms with Gasteiger partial charge in [0, 0.05) is 19.3 Å². The highest BCUT2D eigenvalue weighted by Crippen LogP contribution is 2.27. The van der Waals surface area contributed by atoms with Gasteiger partial charge in [0.2, 0.25) is 0 Å². The third-order valence-electron chi connectivity index (χ3n) is 4.02. The first kappa shape index (κ1) is 15.3. The zero-order valence-corrected chi connectivity index (χ0v) is 12.8. The summed E-state index contributed by atoms with van der Waals surface area (Å²) in [5.74, 6) is 1.55. The molecule has 0 aliphatic heterocycles. The lowest BCUT2D eigenvalue weighted by Crippen LogP contribution is -2.24. The summed E-state index contributed by atoms with van der Waals surface area (Å²) in [7, 11) is 2.23. The zero-order valence-electron chi connectivity index (χ0n) is 12.8. The van der Waals surface area contributed by atoms with E-state index in [9.17, 15) is 0 Å². The topological polar surface area (TPSA) is 3.24 Å². The van der Waals surface area contributed by atoms with Crippen LogP contribution < -0.4 is 0 Å². The first-order chi connectivity index (χ1) is 8.50. The van der Waals surface area contributed by atoms with Crippen molar-refractivity contribution in [2.75, 3.05) is 13.6 Å². The molecular weight excluding hydrogens is 218 g/mol. The van der Waals surface area contributed by atoms with E-state index in [1.54, 1.807) is 0 Å². The largest absolute Gasteiger partial charge is 0.378 e. The molecule has 1 heteroatoms. The predicted octanol–water partition coefficient (Wildman–Crippen LogP) is 5.00. The number of hydrogen-bond acceptors (Lipinski definition) is 1. The number of nitrogens with zero attached hydrogens (tertiary/aromatic N) is 1. The van der Waals surface area contributed by atoms with Gasteiger partial charge in [0.25, 0.3) is 0 Å². The summed E-state index contributed by atoms with van der Waals surface area (Å²) in [6.45, 7) is 11.8. The van der Waals surface area contributed by atoms with Crippen molar-refractivity contribution in [2.45, 2.75) is 59.3 Å². The fraction of sp³-hybridized carbons (Fsp3) is 0.765. The van der Waals surface area contributed by atoms with E-state index in [0.29, 0.717) is 5.92 Å². The van der Waals surface area contributed by atoms with E-state index < -0.39 is 0 Å². The molecule has 0 aromatic carbocycles. The Hall–Kier alpha value is -0.720. The molecule has 1 aliphatic carbocycles. The van der Waals surface area contributed by atoms with Gasteiger partial charge in [-0.3, -0.25) is 0 Å². The molecule has 0 aromatic heterocycles. The Bertz CT molecular complexity index is 282. The molecule has 0 saturated heterocycles. The molecule has 0 N–H and O–H groups in total. The van der Waals surface area contributed by atoms with E-state index in [1.165, 1.54) is 50.8 Å². The van der Waals surface area contributed by atoms with Gasteiger partial charge in [-0.25, -0.2) is 0 Å². The van der Waals surface area contributed by atoms with Crippen molar-refractivity contribution < 1.29 is 0 Å². The molecule has 1 saturated carbocycles. The minimum atomic E-state index is 0.582. The predicted molar refractivity (Wildman–Crippen MR) is 81.6 cm³/mol. The molecule has 0 atom stereocenters. The molecule has 0 bridgehead atoms. The first-order valence-corrected chi connectivity index (χ1v) is 7.59. The fourth-order valence-corrected chi connectivity index (χ4v) is 2.95. The third-order valence-corrected chi connectivity index (χ3v) is 4.02. The van der Waals surface area contributed by atoms with Gasteiger partial charge in [-0.05, 0) is 31.3 Å². The molecular formula is C17H31N. The van der Waals surface area contributed by atoms with Crippen molar-refractivity contribution in [1.82, 2.24) is 4.90 Å². The standard InChI is InChI=1S/C17H31N/c1-14(2)13-17(15(3)4)18(5)12-11-16-9-7-6-8-10-16/h13,15-16H,1,6-12H2,2-5H3/b17-13-. The van der Waals surface area contributed by atoms with Gasteiger partial charge in [0.05, 0.1) is 0 Å². The van der Waals surface area contributed by atoms with Crippen molar-refractivity contribution in [3.8, 4) is 0 Å². The molecule has 1 rings (SSSR count). The summed E-state index contributed by atoms with van der Waals surface area (Å²) in [5.41, 5.74) is 2.58. The van der Waals surface area contributed by atoms with Crippen LogP contribution >= 0.6 is 0 Å². The van der Waals surface area contributed by atoms with Gasteiger partial charge in [0.15, 0.2) is 0 Å². The Morgan fingerprint density at radius 2 is 1.89 bits per heavy atom. The molecule has 0 unspecified atom stereocenters. The van der Waals surface area contributed by atoms with Crippen LogP contribution in [-0.2, 0) is 0 Å². The Labute approximate surface area is 114 Å². The van der Waals surface area contributed by atoms with Gasteiger partial charge >= 0.3 is 0 Å². The van der Waals surface area contributed by atoms with Crippen LogP contribution in [0, 0.1) is 11.8 Å². The smallest absolute Gasteiger partial charge is 0.0174 e. The maximum absolute atomic E-state index is 4.01. The van der Waals surface area contributed by atoms with Crippen LogP contribution in [0.25, 0.3) is 0 Å². The maximum atomic E-state index is 4.01. The zero-order chi connectivity index (χ0) is 13.5. The minimum Gasteiger partial charge on any atom is -0.378 e. The fourth-order valence-electron chi connectivity index (χ4n) is 2.95. The van der Waals surface area contributed by atoms with E-state index in [0.717, 1.165) is 11.5 Å². The normalized spacial score (nSPS) is 18.2. The summed E-state index contributed by atoms with van der Waals surface area (Å²) in [6, 6.07) is 0. The van der Waals surface area contributed by atoms with Crippen molar-refractivity contribution in [3.63, 3.8) is 0 Å². The molecule has 0 radical (unpaired) electrons. The monoisotopic (exact) mass is 249 g/mol. The quantitative estimate of drug-likeness (QED) is 0.598. The molecule has 0 spiro atoms. The molecule has 0 aromatic rings. The van der Waals surface area contributed by atoms with Crippen LogP contribution in [-0.4, -0.2) is 18.5 Å². The molecule has 0 amide bonds. The summed E-state index contributed by atoms with van der Waals surface area (Å²) in [4.78, 5) is 2.44. The summed E-state index contributed by atoms with van der Waals surface area (Å²) < 4.78 is 0. The number of rotatable bonds is 6. The van der Waals surface area contributed by atoms with E-state index in [4.69, 9.17) is 0 Å². The van der Waals surface area contributed by atoms with Crippen LogP contribution in [0.3, 0.4) is 0 Å². The summed E-state index contributed by atoms with van der Waals surface area (Å²) >= 11 is 0. The average Bonchev–Trinajstić information content (AvgIpc) is 2.34. The van der Waals surface area contributed by atoms with Crippen LogP contribution in [0.1, 0.15) is 59.3 Å². The van der Waals surface area contributed by atoms with Crippen LogP contribution in [0.5, 0.6) is 0 Å². The van der Waals surface area contributed by atoms with Gasteiger partial charge in [-0.1, -0.05) is 58.1 Å². The lowest BCUT2D eigenvalue weighted by molar-refractivity contribution is 0.284. The van der Waals surface area contributed by atoms with Gasteiger partial charge in [-0.15, -0.1) is 0 Å². The van der Waals surface area contributed by atoms with Gasteiger partial charge in [0.1, 0.15) is 0 Å². The Morgan fingerprint density at radius 3 is 2.39 bits per heavy atom. The summed E-state index contributed by atoms with van der Waals surface area (Å²) in [6.07, 6.45) is 10.9. The minimum absolute atomic E-state index is 0.582. The SMILES string of the molecule is C=C(C)/C=C(/C(C)C)N(C)CCC1CCCCC1. The van der Waals surface area contributed by atoms with Gasteiger partial charge in [-0.2, -0.15) is 0 Å². The highest BCUT2D eigenvalue weighted by molar-refractivity contribution is 5.19. The third kappa shape index (κ3) is 5.29. The number of allylic oxidation sites excluding steroid dienone is 3. The van der Waals surface area contributed by atoms with Crippen LogP contribution in [0.4, 0.5) is 0 Å². The van der Waals surface area contributed by atoms with E-state index in [1.807, 2.05) is 0 Å². The lowest BCUT2D eigenvalue weighted by Gasteiger charge is -2.29. The van der Waals surface area contributed by atoms with Crippen molar-refractivity contribution >= 4 is 0 Å². The highest BCUT2D eigenvalue weighted by atomic mass is 15.1. The van der Waals surface area contributed by atoms with Crippen molar-refractivity contribution in [3.05, 3.63) is 23.9 Å². The van der Waals surface area contributed by atoms with E-state index >= 15 is 0 Å². The highest BCUT2D eigenvalue weighted by Gasteiger charge is 2.15. The molecule has 1 nitrogen and oxygen atoms in total. The Morgan fingerprint density at radius 1 is 1.28 bits per heavy atom. The second-order valence-corrected chi connectivity index (χ2v) is 6.28. The second-order valence-electron chi connectivity index (χ2n) is 6.28. The van der Waals surface area contributed by atoms with Crippen LogP contribution in [0.2, 0.25) is 0 Å². The molecule has 18 heavy (non-hydrogen) atoms. The van der Waals surface area contributed by atoms with E-state index in [-0.39, 0.29) is 0 Å². The van der Waals surface area contributed by atoms with Gasteiger partial charge < -0.3 is 4.90 Å². The molecule has 1 fully saturated rings. The Balaban J connectivity index is 2.45. The molecule has 1 aliphatic rings. The van der Waals surface area contributed by atoms with Crippen molar-refractivity contribution in [2.24, 2.45) is 11.8 Å². The molecule has 104 valence electrons. The van der Waals surface area contributed by atoms with Crippen molar-refractivity contribution in [1.29, 1.82) is 0 Å². The van der Waals surface area contributed by atoms with E-state index in [2.05, 4.69) is 45.4 Å². The maximum Gasteiger partial charge on any atom is 0.0174 e. The number of hydrogen-bond donors (Lipinski definition) is 0. The molecule has 0 heterocycles.